The van der Waals surface area contributed by atoms with Gasteiger partial charge in [0.2, 0.25) is 0 Å². The fraction of sp³-hybridized carbons (Fsp3) is 0.333. The third-order valence-electron chi connectivity index (χ3n) is 4.88. The number of anilines is 2. The molecular formula is C21H24N4O2S. The normalized spacial score (nSPS) is 14.4. The second-order valence-electron chi connectivity index (χ2n) is 6.75. The molecule has 0 atom stereocenters. The van der Waals surface area contributed by atoms with Gasteiger partial charge in [0.15, 0.2) is 5.13 Å². The van der Waals surface area contributed by atoms with Crippen molar-refractivity contribution >= 4 is 38.4 Å². The number of hydrogen-bond donors (Lipinski definition) is 1. The third kappa shape index (κ3) is 3.75. The Morgan fingerprint density at radius 3 is 2.68 bits per heavy atom. The molecule has 7 heteroatoms. The van der Waals surface area contributed by atoms with Crippen LogP contribution in [0.2, 0.25) is 0 Å². The lowest BCUT2D eigenvalue weighted by Gasteiger charge is -2.34. The maximum absolute atomic E-state index is 12.7. The quantitative estimate of drug-likeness (QED) is 0.712. The monoisotopic (exact) mass is 396 g/mol. The fourth-order valence-electron chi connectivity index (χ4n) is 3.36. The van der Waals surface area contributed by atoms with E-state index in [9.17, 15) is 4.79 Å². The molecule has 1 fully saturated rings. The largest absolute Gasteiger partial charge is 0.492 e. The average Bonchev–Trinajstić information content (AvgIpc) is 3.15. The molecule has 2 aromatic carbocycles. The van der Waals surface area contributed by atoms with Crippen LogP contribution in [0.5, 0.6) is 5.75 Å². The Morgan fingerprint density at radius 1 is 1.14 bits per heavy atom. The molecule has 6 nitrogen and oxygen atoms in total. The van der Waals surface area contributed by atoms with Crippen LogP contribution in [0.15, 0.2) is 42.5 Å². The summed E-state index contributed by atoms with van der Waals surface area (Å²) >= 11 is 1.72. The van der Waals surface area contributed by atoms with Gasteiger partial charge >= 0.3 is 6.03 Å². The minimum absolute atomic E-state index is 0.0908. The first-order valence-corrected chi connectivity index (χ1v) is 10.4. The van der Waals surface area contributed by atoms with Gasteiger partial charge in [-0.3, -0.25) is 0 Å². The number of para-hydroxylation sites is 3. The number of thiazole rings is 1. The first-order valence-electron chi connectivity index (χ1n) is 9.54. The highest BCUT2D eigenvalue weighted by Gasteiger charge is 2.24. The molecule has 4 rings (SSSR count). The van der Waals surface area contributed by atoms with Gasteiger partial charge in [-0.05, 0) is 37.6 Å². The van der Waals surface area contributed by atoms with Crippen molar-refractivity contribution in [1.82, 2.24) is 9.88 Å². The van der Waals surface area contributed by atoms with E-state index in [1.54, 1.807) is 11.3 Å². The van der Waals surface area contributed by atoms with Crippen LogP contribution < -0.4 is 15.0 Å². The molecule has 2 amide bonds. The first-order chi connectivity index (χ1) is 13.7. The van der Waals surface area contributed by atoms with Crippen LogP contribution in [-0.2, 0) is 0 Å². The van der Waals surface area contributed by atoms with Crippen LogP contribution in [0.4, 0.5) is 15.6 Å². The summed E-state index contributed by atoms with van der Waals surface area (Å²) in [6.07, 6.45) is 0. The summed E-state index contributed by atoms with van der Waals surface area (Å²) in [6, 6.07) is 13.7. The zero-order valence-electron chi connectivity index (χ0n) is 16.1. The molecule has 1 aromatic heterocycles. The summed E-state index contributed by atoms with van der Waals surface area (Å²) in [7, 11) is 0. The minimum atomic E-state index is -0.0908. The molecule has 1 aliphatic heterocycles. The van der Waals surface area contributed by atoms with Gasteiger partial charge < -0.3 is 19.9 Å². The van der Waals surface area contributed by atoms with E-state index in [0.717, 1.165) is 23.7 Å². The molecule has 28 heavy (non-hydrogen) atoms. The maximum Gasteiger partial charge on any atom is 0.322 e. The van der Waals surface area contributed by atoms with Crippen molar-refractivity contribution in [3.63, 3.8) is 0 Å². The molecule has 0 unspecified atom stereocenters. The summed E-state index contributed by atoms with van der Waals surface area (Å²) < 4.78 is 6.80. The van der Waals surface area contributed by atoms with Gasteiger partial charge in [-0.1, -0.05) is 35.6 Å². The molecule has 1 aliphatic rings. The number of fused-ring (bicyclic) bond motifs is 1. The highest BCUT2D eigenvalue weighted by Crippen LogP contribution is 2.31. The van der Waals surface area contributed by atoms with Crippen LogP contribution >= 0.6 is 11.3 Å². The Labute approximate surface area is 168 Å². The van der Waals surface area contributed by atoms with E-state index in [2.05, 4.69) is 35.3 Å². The van der Waals surface area contributed by atoms with Gasteiger partial charge in [-0.2, -0.15) is 0 Å². The second kappa shape index (κ2) is 8.06. The van der Waals surface area contributed by atoms with Crippen molar-refractivity contribution in [2.45, 2.75) is 13.8 Å². The van der Waals surface area contributed by atoms with Crippen molar-refractivity contribution in [3.05, 3.63) is 48.0 Å². The summed E-state index contributed by atoms with van der Waals surface area (Å²) in [4.78, 5) is 21.6. The smallest absolute Gasteiger partial charge is 0.322 e. The van der Waals surface area contributed by atoms with E-state index in [1.165, 1.54) is 10.3 Å². The van der Waals surface area contributed by atoms with E-state index in [1.807, 2.05) is 36.1 Å². The summed E-state index contributed by atoms with van der Waals surface area (Å²) in [5, 5.41) is 4.01. The number of nitrogens with zero attached hydrogens (tertiary/aromatic N) is 3. The maximum atomic E-state index is 12.7. The topological polar surface area (TPSA) is 57.7 Å². The number of aromatic nitrogens is 1. The van der Waals surface area contributed by atoms with Crippen molar-refractivity contribution < 1.29 is 9.53 Å². The van der Waals surface area contributed by atoms with Gasteiger partial charge in [0.05, 0.1) is 22.5 Å². The Kier molecular flexibility index (Phi) is 5.34. The molecular weight excluding hydrogens is 372 g/mol. The molecule has 3 aromatic rings. The zero-order chi connectivity index (χ0) is 19.5. The number of benzene rings is 2. The summed E-state index contributed by atoms with van der Waals surface area (Å²) in [6.45, 7) is 7.47. The fourth-order valence-corrected chi connectivity index (χ4v) is 4.45. The molecule has 1 N–H and O–H groups in total. The van der Waals surface area contributed by atoms with Gasteiger partial charge in [-0.15, -0.1) is 0 Å². The summed E-state index contributed by atoms with van der Waals surface area (Å²) in [5.41, 5.74) is 2.99. The van der Waals surface area contributed by atoms with Crippen LogP contribution in [-0.4, -0.2) is 48.7 Å². The van der Waals surface area contributed by atoms with Crippen molar-refractivity contribution in [1.29, 1.82) is 0 Å². The number of carbonyl (C=O) groups is 1. The van der Waals surface area contributed by atoms with Gasteiger partial charge in [0.25, 0.3) is 0 Å². The molecule has 2 heterocycles. The van der Waals surface area contributed by atoms with Crippen molar-refractivity contribution in [2.75, 3.05) is 43.0 Å². The van der Waals surface area contributed by atoms with Gasteiger partial charge in [0, 0.05) is 26.2 Å². The van der Waals surface area contributed by atoms with Crippen molar-refractivity contribution in [3.8, 4) is 5.75 Å². The standard InChI is InChI=1S/C21H24N4O2S/c1-3-27-17-9-5-4-8-16(17)22-20(26)24-11-13-25(14-12-24)21-23-19-15(2)7-6-10-18(19)28-21/h4-10H,3,11-14H2,1-2H3,(H,22,26). The number of carbonyl (C=O) groups excluding carboxylic acids is 1. The summed E-state index contributed by atoms with van der Waals surface area (Å²) in [5.74, 6) is 0.696. The number of rotatable bonds is 4. The Morgan fingerprint density at radius 2 is 1.93 bits per heavy atom. The molecule has 1 saturated heterocycles. The number of aryl methyl sites for hydroxylation is 1. The number of nitrogens with one attached hydrogen (secondary N) is 1. The number of amides is 2. The molecule has 0 saturated carbocycles. The predicted octanol–water partition coefficient (Wildman–Crippen LogP) is 4.36. The van der Waals surface area contributed by atoms with Crippen LogP contribution in [0.1, 0.15) is 12.5 Å². The molecule has 0 spiro atoms. The van der Waals surface area contributed by atoms with E-state index in [0.29, 0.717) is 31.1 Å². The predicted molar refractivity (Wildman–Crippen MR) is 115 cm³/mol. The lowest BCUT2D eigenvalue weighted by atomic mass is 10.2. The number of hydrogen-bond acceptors (Lipinski definition) is 5. The highest BCUT2D eigenvalue weighted by molar-refractivity contribution is 7.22. The highest BCUT2D eigenvalue weighted by atomic mass is 32.1. The average molecular weight is 397 g/mol. The van der Waals surface area contributed by atoms with Crippen LogP contribution in [0.3, 0.4) is 0 Å². The number of ether oxygens (including phenoxy) is 1. The minimum Gasteiger partial charge on any atom is -0.492 e. The van der Waals surface area contributed by atoms with Gasteiger partial charge in [-0.25, -0.2) is 9.78 Å². The van der Waals surface area contributed by atoms with E-state index < -0.39 is 0 Å². The van der Waals surface area contributed by atoms with E-state index in [4.69, 9.17) is 9.72 Å². The molecule has 0 radical (unpaired) electrons. The van der Waals surface area contributed by atoms with E-state index >= 15 is 0 Å². The van der Waals surface area contributed by atoms with E-state index in [-0.39, 0.29) is 6.03 Å². The zero-order valence-corrected chi connectivity index (χ0v) is 17.0. The first kappa shape index (κ1) is 18.6. The third-order valence-corrected chi connectivity index (χ3v) is 5.96. The van der Waals surface area contributed by atoms with Crippen LogP contribution in [0, 0.1) is 6.92 Å². The lowest BCUT2D eigenvalue weighted by Crippen LogP contribution is -2.50. The Hall–Kier alpha value is -2.80. The second-order valence-corrected chi connectivity index (χ2v) is 7.76. The van der Waals surface area contributed by atoms with Crippen LogP contribution in [0.25, 0.3) is 10.2 Å². The molecule has 0 bridgehead atoms. The Bertz CT molecular complexity index is 979. The lowest BCUT2D eigenvalue weighted by molar-refractivity contribution is 0.208. The SMILES string of the molecule is CCOc1ccccc1NC(=O)N1CCN(c2nc3c(C)cccc3s2)CC1. The Balaban J connectivity index is 1.39. The van der Waals surface area contributed by atoms with Crippen molar-refractivity contribution in [2.24, 2.45) is 0 Å². The number of piperazine rings is 1. The molecule has 146 valence electrons. The molecule has 0 aliphatic carbocycles. The number of urea groups is 1. The van der Waals surface area contributed by atoms with Gasteiger partial charge in [0.1, 0.15) is 5.75 Å².